The average Bonchev–Trinajstić information content (AvgIpc) is 2.28. The van der Waals surface area contributed by atoms with Crippen molar-refractivity contribution >= 4 is 17.7 Å². The third kappa shape index (κ3) is 6.65. The van der Waals surface area contributed by atoms with E-state index in [9.17, 15) is 9.59 Å². The van der Waals surface area contributed by atoms with Crippen molar-refractivity contribution in [1.29, 1.82) is 0 Å². The van der Waals surface area contributed by atoms with Crippen molar-refractivity contribution in [2.24, 2.45) is 0 Å². The van der Waals surface area contributed by atoms with E-state index in [1.54, 1.807) is 39.0 Å². The Labute approximate surface area is 124 Å². The fraction of sp³-hybridized carbons (Fsp3) is 0.467. The van der Waals surface area contributed by atoms with Crippen molar-refractivity contribution in [2.75, 3.05) is 5.73 Å². The maximum Gasteiger partial charge on any atom is 0.407 e. The van der Waals surface area contributed by atoms with E-state index in [1.165, 1.54) is 0 Å². The first-order valence-electron chi connectivity index (χ1n) is 6.72. The molecule has 0 aliphatic carbocycles. The number of nitrogens with two attached hydrogens (primary N) is 1. The third-order valence-corrected chi connectivity index (χ3v) is 2.66. The van der Waals surface area contributed by atoms with Crippen LogP contribution >= 0.6 is 0 Å². The molecule has 0 bridgehead atoms. The van der Waals surface area contributed by atoms with Crippen molar-refractivity contribution in [2.45, 2.75) is 45.3 Å². The first kappa shape index (κ1) is 16.8. The number of para-hydroxylation sites is 1. The summed E-state index contributed by atoms with van der Waals surface area (Å²) in [5, 5.41) is 11.5. The van der Waals surface area contributed by atoms with Gasteiger partial charge in [-0.2, -0.15) is 0 Å². The molecule has 1 aromatic rings. The smallest absolute Gasteiger partial charge is 0.407 e. The standard InChI is InChI=1S/C15H22N2O4/c1-15(2,3)21-14(20)17-11(9-13(18)19)8-10-6-4-5-7-12(10)16/h4-7,11H,8-9,16H2,1-3H3,(H,17,20)(H,18,19)/t11-/m0/s1. The van der Waals surface area contributed by atoms with E-state index < -0.39 is 23.7 Å². The van der Waals surface area contributed by atoms with E-state index in [4.69, 9.17) is 15.6 Å². The molecule has 1 amide bonds. The molecule has 6 nitrogen and oxygen atoms in total. The van der Waals surface area contributed by atoms with E-state index in [-0.39, 0.29) is 6.42 Å². The molecular weight excluding hydrogens is 272 g/mol. The summed E-state index contributed by atoms with van der Waals surface area (Å²) in [5.41, 5.74) is 6.57. The van der Waals surface area contributed by atoms with Gasteiger partial charge >= 0.3 is 12.1 Å². The molecule has 0 radical (unpaired) electrons. The number of alkyl carbamates (subject to hydrolysis) is 1. The van der Waals surface area contributed by atoms with Crippen LogP contribution in [0, 0.1) is 0 Å². The monoisotopic (exact) mass is 294 g/mol. The van der Waals surface area contributed by atoms with Gasteiger partial charge in [-0.25, -0.2) is 4.79 Å². The van der Waals surface area contributed by atoms with Gasteiger partial charge in [0.15, 0.2) is 0 Å². The fourth-order valence-electron chi connectivity index (χ4n) is 1.84. The molecule has 0 aliphatic rings. The van der Waals surface area contributed by atoms with Crippen molar-refractivity contribution in [3.8, 4) is 0 Å². The lowest BCUT2D eigenvalue weighted by atomic mass is 10.0. The van der Waals surface area contributed by atoms with E-state index in [1.807, 2.05) is 6.07 Å². The van der Waals surface area contributed by atoms with Crippen molar-refractivity contribution in [1.82, 2.24) is 5.32 Å². The van der Waals surface area contributed by atoms with Crippen LogP contribution in [-0.2, 0) is 16.0 Å². The molecule has 0 spiro atoms. The van der Waals surface area contributed by atoms with Crippen LogP contribution in [0.3, 0.4) is 0 Å². The topological polar surface area (TPSA) is 102 Å². The lowest BCUT2D eigenvalue weighted by molar-refractivity contribution is -0.137. The van der Waals surface area contributed by atoms with E-state index in [2.05, 4.69) is 5.32 Å². The number of hydrogen-bond acceptors (Lipinski definition) is 4. The highest BCUT2D eigenvalue weighted by Gasteiger charge is 2.22. The highest BCUT2D eigenvalue weighted by atomic mass is 16.6. The lowest BCUT2D eigenvalue weighted by Crippen LogP contribution is -2.41. The highest BCUT2D eigenvalue weighted by Crippen LogP contribution is 2.15. The molecule has 1 aromatic carbocycles. The lowest BCUT2D eigenvalue weighted by Gasteiger charge is -2.23. The molecule has 0 saturated heterocycles. The Kier molecular flexibility index (Phi) is 5.58. The van der Waals surface area contributed by atoms with E-state index in [0.717, 1.165) is 5.56 Å². The maximum absolute atomic E-state index is 11.8. The summed E-state index contributed by atoms with van der Waals surface area (Å²) in [4.78, 5) is 22.7. The summed E-state index contributed by atoms with van der Waals surface area (Å²) in [6.45, 7) is 5.23. The number of nitrogen functional groups attached to an aromatic ring is 1. The van der Waals surface area contributed by atoms with Crippen molar-refractivity contribution < 1.29 is 19.4 Å². The zero-order valence-electron chi connectivity index (χ0n) is 12.6. The first-order chi connectivity index (χ1) is 9.67. The summed E-state index contributed by atoms with van der Waals surface area (Å²) >= 11 is 0. The number of carboxylic acid groups (broad SMARTS) is 1. The summed E-state index contributed by atoms with van der Waals surface area (Å²) < 4.78 is 5.14. The number of carboxylic acids is 1. The molecule has 6 heteroatoms. The number of anilines is 1. The minimum absolute atomic E-state index is 0.201. The van der Waals surface area contributed by atoms with Gasteiger partial charge in [0.05, 0.1) is 6.42 Å². The van der Waals surface area contributed by atoms with Crippen LogP contribution in [0.2, 0.25) is 0 Å². The van der Waals surface area contributed by atoms with Crippen LogP contribution in [0.5, 0.6) is 0 Å². The summed E-state index contributed by atoms with van der Waals surface area (Å²) in [7, 11) is 0. The van der Waals surface area contributed by atoms with Gasteiger partial charge in [0.25, 0.3) is 0 Å². The maximum atomic E-state index is 11.8. The largest absolute Gasteiger partial charge is 0.481 e. The molecule has 0 heterocycles. The highest BCUT2D eigenvalue weighted by molar-refractivity contribution is 5.71. The Balaban J connectivity index is 2.75. The molecular formula is C15H22N2O4. The predicted molar refractivity (Wildman–Crippen MR) is 80.0 cm³/mol. The van der Waals surface area contributed by atoms with Crippen molar-refractivity contribution in [3.05, 3.63) is 29.8 Å². The third-order valence-electron chi connectivity index (χ3n) is 2.66. The van der Waals surface area contributed by atoms with Crippen molar-refractivity contribution in [3.63, 3.8) is 0 Å². The minimum Gasteiger partial charge on any atom is -0.481 e. The predicted octanol–water partition coefficient (Wildman–Crippen LogP) is 2.18. The van der Waals surface area contributed by atoms with E-state index in [0.29, 0.717) is 12.1 Å². The van der Waals surface area contributed by atoms with Crippen LogP contribution in [0.4, 0.5) is 10.5 Å². The Morgan fingerprint density at radius 3 is 2.48 bits per heavy atom. The van der Waals surface area contributed by atoms with Crippen LogP contribution in [0.1, 0.15) is 32.8 Å². The number of carbonyl (C=O) groups excluding carboxylic acids is 1. The summed E-state index contributed by atoms with van der Waals surface area (Å²) in [6, 6.07) is 6.58. The number of rotatable bonds is 5. The molecule has 1 rings (SSSR count). The minimum atomic E-state index is -0.995. The molecule has 0 saturated carbocycles. The van der Waals surface area contributed by atoms with Crippen LogP contribution in [0.15, 0.2) is 24.3 Å². The van der Waals surface area contributed by atoms with Crippen LogP contribution in [-0.4, -0.2) is 28.8 Å². The molecule has 0 fully saturated rings. The zero-order valence-corrected chi connectivity index (χ0v) is 12.6. The Bertz CT molecular complexity index is 509. The average molecular weight is 294 g/mol. The summed E-state index contributed by atoms with van der Waals surface area (Å²) in [5.74, 6) is -0.995. The van der Waals surface area contributed by atoms with Gasteiger partial charge in [0.2, 0.25) is 0 Å². The number of benzene rings is 1. The Hall–Kier alpha value is -2.24. The van der Waals surface area contributed by atoms with Gasteiger partial charge in [0.1, 0.15) is 5.60 Å². The second-order valence-corrected chi connectivity index (χ2v) is 5.84. The molecule has 21 heavy (non-hydrogen) atoms. The molecule has 1 atom stereocenters. The van der Waals surface area contributed by atoms with Gasteiger partial charge in [-0.3, -0.25) is 4.79 Å². The number of nitrogens with one attached hydrogen (secondary N) is 1. The van der Waals surface area contributed by atoms with Gasteiger partial charge < -0.3 is 20.9 Å². The quantitative estimate of drug-likeness (QED) is 0.722. The van der Waals surface area contributed by atoms with Gasteiger partial charge in [-0.15, -0.1) is 0 Å². The molecule has 0 unspecified atom stereocenters. The number of amides is 1. The fourth-order valence-corrected chi connectivity index (χ4v) is 1.84. The molecule has 4 N–H and O–H groups in total. The second kappa shape index (κ2) is 6.97. The summed E-state index contributed by atoms with van der Waals surface area (Å²) in [6.07, 6.45) is -0.505. The molecule has 0 aliphatic heterocycles. The molecule has 116 valence electrons. The first-order valence-corrected chi connectivity index (χ1v) is 6.72. The van der Waals surface area contributed by atoms with Gasteiger partial charge in [-0.1, -0.05) is 18.2 Å². The van der Waals surface area contributed by atoms with E-state index >= 15 is 0 Å². The second-order valence-electron chi connectivity index (χ2n) is 5.84. The number of hydrogen-bond donors (Lipinski definition) is 3. The number of carbonyl (C=O) groups is 2. The van der Waals surface area contributed by atoms with Gasteiger partial charge in [-0.05, 0) is 38.8 Å². The Morgan fingerprint density at radius 1 is 1.33 bits per heavy atom. The van der Waals surface area contributed by atoms with Crippen LogP contribution in [0.25, 0.3) is 0 Å². The number of aliphatic carboxylic acids is 1. The normalized spacial score (nSPS) is 12.5. The number of ether oxygens (including phenoxy) is 1. The zero-order chi connectivity index (χ0) is 16.0. The molecule has 0 aromatic heterocycles. The van der Waals surface area contributed by atoms with Gasteiger partial charge in [0, 0.05) is 11.7 Å². The SMILES string of the molecule is CC(C)(C)OC(=O)N[C@H](CC(=O)O)Cc1ccccc1N. The Morgan fingerprint density at radius 2 is 1.95 bits per heavy atom. The van der Waals surface area contributed by atoms with Crippen LogP contribution < -0.4 is 11.1 Å².